The van der Waals surface area contributed by atoms with E-state index in [0.29, 0.717) is 23.5 Å². The van der Waals surface area contributed by atoms with Gasteiger partial charge in [-0.3, -0.25) is 4.79 Å². The quantitative estimate of drug-likeness (QED) is 0.907. The molecule has 1 saturated heterocycles. The minimum atomic E-state index is 0.100. The lowest BCUT2D eigenvalue weighted by Gasteiger charge is -2.19. The van der Waals surface area contributed by atoms with Crippen LogP contribution in [0.5, 0.6) is 0 Å². The van der Waals surface area contributed by atoms with Crippen LogP contribution in [-0.4, -0.2) is 52.5 Å². The largest absolute Gasteiger partial charge is 0.381 e. The molecule has 1 aromatic heterocycles. The number of aromatic nitrogens is 3. The van der Waals surface area contributed by atoms with Gasteiger partial charge in [0.1, 0.15) is 11.0 Å². The highest BCUT2D eigenvalue weighted by Crippen LogP contribution is 2.39. The van der Waals surface area contributed by atoms with Crippen LogP contribution in [0.25, 0.3) is 11.0 Å². The molecule has 2 aromatic rings. The summed E-state index contributed by atoms with van der Waals surface area (Å²) >= 11 is 0. The standard InChI is InChI=1S/C15H18N4O2/c1-21-12-4-10-7-19(8-11(10)5-12)15(20)9-2-3-13-14(6-9)17-18-16-13/h2-3,6,10-12H,4-5,7-8H2,1H3,(H,16,17,18)/t10-,11+,12?. The van der Waals surface area contributed by atoms with Crippen molar-refractivity contribution in [1.82, 2.24) is 20.3 Å². The maximum atomic E-state index is 12.6. The first kappa shape index (κ1) is 12.8. The lowest BCUT2D eigenvalue weighted by molar-refractivity contribution is 0.0731. The van der Waals surface area contributed by atoms with Gasteiger partial charge in [0.25, 0.3) is 5.91 Å². The van der Waals surface area contributed by atoms with Gasteiger partial charge in [-0.15, -0.1) is 0 Å². The molecule has 21 heavy (non-hydrogen) atoms. The zero-order valence-electron chi connectivity index (χ0n) is 12.0. The average Bonchev–Trinajstić information content (AvgIpc) is 3.18. The number of carbonyl (C=O) groups excluding carboxylic acids is 1. The first-order valence-electron chi connectivity index (χ1n) is 7.37. The van der Waals surface area contributed by atoms with Crippen LogP contribution in [0.4, 0.5) is 0 Å². The number of nitrogens with one attached hydrogen (secondary N) is 1. The molecule has 0 spiro atoms. The number of rotatable bonds is 2. The zero-order chi connectivity index (χ0) is 14.4. The van der Waals surface area contributed by atoms with E-state index >= 15 is 0 Å². The maximum absolute atomic E-state index is 12.6. The van der Waals surface area contributed by atoms with E-state index < -0.39 is 0 Å². The van der Waals surface area contributed by atoms with E-state index in [0.717, 1.165) is 37.0 Å². The van der Waals surface area contributed by atoms with Gasteiger partial charge in [0.2, 0.25) is 0 Å². The highest BCUT2D eigenvalue weighted by Gasteiger charge is 2.42. The zero-order valence-corrected chi connectivity index (χ0v) is 12.0. The smallest absolute Gasteiger partial charge is 0.253 e. The van der Waals surface area contributed by atoms with Crippen molar-refractivity contribution < 1.29 is 9.53 Å². The maximum Gasteiger partial charge on any atom is 0.253 e. The van der Waals surface area contributed by atoms with Crippen molar-refractivity contribution in [1.29, 1.82) is 0 Å². The molecule has 2 fully saturated rings. The summed E-state index contributed by atoms with van der Waals surface area (Å²) < 4.78 is 5.45. The van der Waals surface area contributed by atoms with Crippen LogP contribution in [0, 0.1) is 11.8 Å². The molecule has 110 valence electrons. The summed E-state index contributed by atoms with van der Waals surface area (Å²) in [6, 6.07) is 5.48. The fourth-order valence-corrected chi connectivity index (χ4v) is 3.76. The molecular weight excluding hydrogens is 268 g/mol. The topological polar surface area (TPSA) is 71.1 Å². The van der Waals surface area contributed by atoms with E-state index in [2.05, 4.69) is 15.4 Å². The van der Waals surface area contributed by atoms with Crippen LogP contribution in [0.3, 0.4) is 0 Å². The van der Waals surface area contributed by atoms with Gasteiger partial charge in [-0.2, -0.15) is 15.4 Å². The molecule has 1 amide bonds. The lowest BCUT2D eigenvalue weighted by Crippen LogP contribution is -2.30. The van der Waals surface area contributed by atoms with Crippen molar-refractivity contribution in [2.45, 2.75) is 18.9 Å². The number of methoxy groups -OCH3 is 1. The Balaban J connectivity index is 1.51. The summed E-state index contributed by atoms with van der Waals surface area (Å²) in [4.78, 5) is 14.6. The number of amides is 1. The third kappa shape index (κ3) is 2.10. The predicted octanol–water partition coefficient (Wildman–Crippen LogP) is 1.45. The van der Waals surface area contributed by atoms with Gasteiger partial charge >= 0.3 is 0 Å². The summed E-state index contributed by atoms with van der Waals surface area (Å²) in [5.74, 6) is 1.28. The van der Waals surface area contributed by atoms with E-state index in [1.54, 1.807) is 7.11 Å². The molecule has 2 aliphatic rings. The number of fused-ring (bicyclic) bond motifs is 2. The van der Waals surface area contributed by atoms with Crippen molar-refractivity contribution in [3.63, 3.8) is 0 Å². The number of hydrogen-bond acceptors (Lipinski definition) is 4. The van der Waals surface area contributed by atoms with Crippen molar-refractivity contribution in [2.24, 2.45) is 11.8 Å². The minimum absolute atomic E-state index is 0.100. The molecule has 1 N–H and O–H groups in total. The molecule has 0 radical (unpaired) electrons. The van der Waals surface area contributed by atoms with Crippen LogP contribution in [0.2, 0.25) is 0 Å². The molecular formula is C15H18N4O2. The predicted molar refractivity (Wildman–Crippen MR) is 76.8 cm³/mol. The Morgan fingerprint density at radius 3 is 2.67 bits per heavy atom. The molecule has 0 bridgehead atoms. The third-order valence-corrected chi connectivity index (χ3v) is 4.89. The normalized spacial score (nSPS) is 28.2. The summed E-state index contributed by atoms with van der Waals surface area (Å²) in [5.41, 5.74) is 2.21. The number of likely N-dealkylation sites (tertiary alicyclic amines) is 1. The third-order valence-electron chi connectivity index (χ3n) is 4.89. The average molecular weight is 286 g/mol. The number of ether oxygens (including phenoxy) is 1. The van der Waals surface area contributed by atoms with Gasteiger partial charge in [-0.05, 0) is 42.9 Å². The van der Waals surface area contributed by atoms with E-state index in [9.17, 15) is 4.79 Å². The number of aromatic amines is 1. The Hall–Kier alpha value is -1.95. The van der Waals surface area contributed by atoms with Crippen LogP contribution < -0.4 is 0 Å². The second-order valence-corrected chi connectivity index (χ2v) is 6.09. The van der Waals surface area contributed by atoms with E-state index in [1.807, 2.05) is 23.1 Å². The first-order valence-corrected chi connectivity index (χ1v) is 7.37. The summed E-state index contributed by atoms with van der Waals surface area (Å²) in [6.45, 7) is 1.69. The van der Waals surface area contributed by atoms with Crippen molar-refractivity contribution in [2.75, 3.05) is 20.2 Å². The summed E-state index contributed by atoms with van der Waals surface area (Å²) in [6.07, 6.45) is 2.53. The monoisotopic (exact) mass is 286 g/mol. The second kappa shape index (κ2) is 4.80. The van der Waals surface area contributed by atoms with Gasteiger partial charge in [-0.1, -0.05) is 0 Å². The Kier molecular flexibility index (Phi) is 2.92. The van der Waals surface area contributed by atoms with Gasteiger partial charge in [0.05, 0.1) is 6.10 Å². The molecule has 2 heterocycles. The number of hydrogen-bond donors (Lipinski definition) is 1. The lowest BCUT2D eigenvalue weighted by atomic mass is 10.0. The molecule has 4 rings (SSSR count). The molecule has 6 heteroatoms. The SMILES string of the molecule is COC1C[C@@H]2CN(C(=O)c3ccc4n[nH]nc4c3)C[C@@H]2C1. The number of H-pyrrole nitrogens is 1. The highest BCUT2D eigenvalue weighted by atomic mass is 16.5. The number of benzene rings is 1. The van der Waals surface area contributed by atoms with E-state index in [4.69, 9.17) is 4.74 Å². The highest BCUT2D eigenvalue weighted by molar-refractivity contribution is 5.97. The van der Waals surface area contributed by atoms with Crippen molar-refractivity contribution in [3.05, 3.63) is 23.8 Å². The fourth-order valence-electron chi connectivity index (χ4n) is 3.76. The Bertz CT molecular complexity index is 669. The molecule has 1 aliphatic heterocycles. The second-order valence-electron chi connectivity index (χ2n) is 6.09. The fraction of sp³-hybridized carbons (Fsp3) is 0.533. The molecule has 1 unspecified atom stereocenters. The van der Waals surface area contributed by atoms with Gasteiger partial charge in [0, 0.05) is 25.8 Å². The Morgan fingerprint density at radius 2 is 1.95 bits per heavy atom. The van der Waals surface area contributed by atoms with Crippen LogP contribution in [0.15, 0.2) is 18.2 Å². The molecule has 6 nitrogen and oxygen atoms in total. The summed E-state index contributed by atoms with van der Waals surface area (Å²) in [7, 11) is 1.78. The molecule has 3 atom stereocenters. The van der Waals surface area contributed by atoms with Gasteiger partial charge in [-0.25, -0.2) is 0 Å². The summed E-state index contributed by atoms with van der Waals surface area (Å²) in [5, 5.41) is 10.6. The molecule has 1 aromatic carbocycles. The van der Waals surface area contributed by atoms with Gasteiger partial charge < -0.3 is 9.64 Å². The van der Waals surface area contributed by atoms with Gasteiger partial charge in [0.15, 0.2) is 0 Å². The van der Waals surface area contributed by atoms with Crippen LogP contribution in [-0.2, 0) is 4.74 Å². The first-order chi connectivity index (χ1) is 10.2. The minimum Gasteiger partial charge on any atom is -0.381 e. The number of carbonyl (C=O) groups is 1. The number of nitrogens with zero attached hydrogens (tertiary/aromatic N) is 3. The Labute approximate surface area is 122 Å². The van der Waals surface area contributed by atoms with Crippen LogP contribution >= 0.6 is 0 Å². The van der Waals surface area contributed by atoms with E-state index in [1.165, 1.54) is 0 Å². The molecule has 1 saturated carbocycles. The Morgan fingerprint density at radius 1 is 1.24 bits per heavy atom. The van der Waals surface area contributed by atoms with Crippen molar-refractivity contribution >= 4 is 16.9 Å². The van der Waals surface area contributed by atoms with E-state index in [-0.39, 0.29) is 5.91 Å². The molecule has 1 aliphatic carbocycles. The van der Waals surface area contributed by atoms with Crippen LogP contribution in [0.1, 0.15) is 23.2 Å². The van der Waals surface area contributed by atoms with Crippen molar-refractivity contribution in [3.8, 4) is 0 Å².